The maximum atomic E-state index is 12.3. The maximum absolute atomic E-state index is 12.3. The van der Waals surface area contributed by atoms with Crippen molar-refractivity contribution in [3.05, 3.63) is 0 Å². The van der Waals surface area contributed by atoms with Gasteiger partial charge < -0.3 is 15.8 Å². The molecule has 116 valence electrons. The van der Waals surface area contributed by atoms with E-state index in [4.69, 9.17) is 10.9 Å². The summed E-state index contributed by atoms with van der Waals surface area (Å²) >= 11 is 0. The second kappa shape index (κ2) is 6.43. The van der Waals surface area contributed by atoms with Crippen molar-refractivity contribution >= 4 is 11.7 Å². The van der Waals surface area contributed by atoms with Crippen LogP contribution in [0.15, 0.2) is 5.16 Å². The predicted octanol–water partition coefficient (Wildman–Crippen LogP) is 0.948. The van der Waals surface area contributed by atoms with Gasteiger partial charge in [0.15, 0.2) is 5.84 Å². The van der Waals surface area contributed by atoms with E-state index in [2.05, 4.69) is 23.9 Å². The fourth-order valence-corrected chi connectivity index (χ4v) is 2.34. The van der Waals surface area contributed by atoms with E-state index >= 15 is 0 Å². The lowest BCUT2D eigenvalue weighted by Crippen LogP contribution is -2.60. The zero-order valence-corrected chi connectivity index (χ0v) is 13.3. The molecule has 6 nitrogen and oxygen atoms in total. The molecular weight excluding hydrogens is 256 g/mol. The van der Waals surface area contributed by atoms with Crippen LogP contribution in [0.2, 0.25) is 0 Å². The summed E-state index contributed by atoms with van der Waals surface area (Å²) in [4.78, 5) is 16.4. The molecule has 0 radical (unpaired) electrons. The molecule has 0 saturated carbocycles. The van der Waals surface area contributed by atoms with Gasteiger partial charge in [-0.15, -0.1) is 0 Å². The molecule has 6 heteroatoms. The van der Waals surface area contributed by atoms with Crippen LogP contribution >= 0.6 is 0 Å². The summed E-state index contributed by atoms with van der Waals surface area (Å²) in [5, 5.41) is 12.0. The SMILES string of the molecule is CC(C)C(C)C(=O)N1CCN(C(C)(C)C(N)=NO)CC1. The fraction of sp³-hybridized carbons (Fsp3) is 0.857. The topological polar surface area (TPSA) is 82.2 Å². The second-order valence-corrected chi connectivity index (χ2v) is 6.39. The van der Waals surface area contributed by atoms with Gasteiger partial charge in [0.05, 0.1) is 5.54 Å². The molecule has 1 rings (SSSR count). The van der Waals surface area contributed by atoms with Crippen molar-refractivity contribution in [2.24, 2.45) is 22.7 Å². The van der Waals surface area contributed by atoms with Crippen LogP contribution in [0.1, 0.15) is 34.6 Å². The minimum absolute atomic E-state index is 0.0543. The van der Waals surface area contributed by atoms with Crippen molar-refractivity contribution in [1.82, 2.24) is 9.80 Å². The van der Waals surface area contributed by atoms with E-state index in [1.54, 1.807) is 0 Å². The quantitative estimate of drug-likeness (QED) is 0.348. The molecule has 1 atom stereocenters. The highest BCUT2D eigenvalue weighted by molar-refractivity contribution is 5.88. The van der Waals surface area contributed by atoms with Crippen molar-refractivity contribution in [3.8, 4) is 0 Å². The van der Waals surface area contributed by atoms with Crippen molar-refractivity contribution in [3.63, 3.8) is 0 Å². The van der Waals surface area contributed by atoms with Crippen molar-refractivity contribution in [2.75, 3.05) is 26.2 Å². The first-order valence-corrected chi connectivity index (χ1v) is 7.23. The van der Waals surface area contributed by atoms with Gasteiger partial charge in [-0.3, -0.25) is 9.69 Å². The monoisotopic (exact) mass is 284 g/mol. The minimum atomic E-state index is -0.493. The molecule has 20 heavy (non-hydrogen) atoms. The Hall–Kier alpha value is -1.30. The fourth-order valence-electron chi connectivity index (χ4n) is 2.34. The highest BCUT2D eigenvalue weighted by Crippen LogP contribution is 2.20. The molecule has 0 aromatic carbocycles. The summed E-state index contributed by atoms with van der Waals surface area (Å²) < 4.78 is 0. The lowest BCUT2D eigenvalue weighted by atomic mass is 9.95. The molecule has 0 bridgehead atoms. The van der Waals surface area contributed by atoms with E-state index < -0.39 is 5.54 Å². The summed E-state index contributed by atoms with van der Waals surface area (Å²) in [6, 6.07) is 0. The van der Waals surface area contributed by atoms with E-state index in [0.717, 1.165) is 13.1 Å². The highest BCUT2D eigenvalue weighted by Gasteiger charge is 2.35. The Morgan fingerprint density at radius 3 is 2.10 bits per heavy atom. The molecule has 0 spiro atoms. The highest BCUT2D eigenvalue weighted by atomic mass is 16.4. The number of hydrogen-bond acceptors (Lipinski definition) is 4. The normalized spacial score (nSPS) is 20.3. The number of rotatable bonds is 4. The lowest BCUT2D eigenvalue weighted by Gasteiger charge is -2.43. The third-order valence-corrected chi connectivity index (χ3v) is 4.51. The van der Waals surface area contributed by atoms with Crippen molar-refractivity contribution in [1.29, 1.82) is 0 Å². The Morgan fingerprint density at radius 1 is 1.20 bits per heavy atom. The lowest BCUT2D eigenvalue weighted by molar-refractivity contribution is -0.138. The number of nitrogens with two attached hydrogens (primary N) is 1. The summed E-state index contributed by atoms with van der Waals surface area (Å²) in [6.45, 7) is 12.8. The van der Waals surface area contributed by atoms with Gasteiger partial charge in [0.25, 0.3) is 0 Å². The maximum Gasteiger partial charge on any atom is 0.225 e. The van der Waals surface area contributed by atoms with Crippen LogP contribution in [0.25, 0.3) is 0 Å². The van der Waals surface area contributed by atoms with Gasteiger partial charge in [0.2, 0.25) is 5.91 Å². The van der Waals surface area contributed by atoms with Gasteiger partial charge in [0, 0.05) is 32.1 Å². The molecule has 1 amide bonds. The van der Waals surface area contributed by atoms with Crippen LogP contribution in [0, 0.1) is 11.8 Å². The van der Waals surface area contributed by atoms with E-state index in [9.17, 15) is 4.79 Å². The smallest absolute Gasteiger partial charge is 0.225 e. The largest absolute Gasteiger partial charge is 0.409 e. The molecule has 1 fully saturated rings. The summed E-state index contributed by atoms with van der Waals surface area (Å²) in [5.41, 5.74) is 5.25. The van der Waals surface area contributed by atoms with Crippen LogP contribution < -0.4 is 5.73 Å². The van der Waals surface area contributed by atoms with Crippen molar-refractivity contribution in [2.45, 2.75) is 40.2 Å². The molecule has 1 heterocycles. The van der Waals surface area contributed by atoms with Gasteiger partial charge in [-0.25, -0.2) is 0 Å². The van der Waals surface area contributed by atoms with Crippen molar-refractivity contribution < 1.29 is 10.0 Å². The summed E-state index contributed by atoms with van der Waals surface area (Å²) in [6.07, 6.45) is 0. The average Bonchev–Trinajstić information content (AvgIpc) is 2.44. The number of amidine groups is 1. The average molecular weight is 284 g/mol. The Kier molecular flexibility index (Phi) is 5.39. The van der Waals surface area contributed by atoms with Crippen LogP contribution in [0.5, 0.6) is 0 Å². The standard InChI is InChI=1S/C14H28N4O2/c1-10(2)11(3)12(19)17-6-8-18(9-7-17)14(4,5)13(15)16-20/h10-11,20H,6-9H2,1-5H3,(H2,15,16). The van der Waals surface area contributed by atoms with Crippen LogP contribution in [0.4, 0.5) is 0 Å². The van der Waals surface area contributed by atoms with E-state index in [1.165, 1.54) is 0 Å². The molecule has 1 unspecified atom stereocenters. The van der Waals surface area contributed by atoms with Crippen LogP contribution in [-0.4, -0.2) is 58.5 Å². The molecule has 3 N–H and O–H groups in total. The molecule has 1 saturated heterocycles. The minimum Gasteiger partial charge on any atom is -0.409 e. The zero-order chi connectivity index (χ0) is 15.5. The molecule has 0 aliphatic carbocycles. The Labute approximate surface area is 121 Å². The number of carbonyl (C=O) groups excluding carboxylic acids is 1. The third-order valence-electron chi connectivity index (χ3n) is 4.51. The van der Waals surface area contributed by atoms with E-state index in [0.29, 0.717) is 19.0 Å². The first-order valence-electron chi connectivity index (χ1n) is 7.23. The molecular formula is C14H28N4O2. The van der Waals surface area contributed by atoms with E-state index in [-0.39, 0.29) is 17.7 Å². The number of nitrogens with zero attached hydrogens (tertiary/aromatic N) is 3. The molecule has 0 aromatic rings. The third kappa shape index (κ3) is 3.42. The van der Waals surface area contributed by atoms with Crippen LogP contribution in [-0.2, 0) is 4.79 Å². The molecule has 1 aliphatic heterocycles. The number of hydrogen-bond donors (Lipinski definition) is 2. The molecule has 1 aliphatic rings. The summed E-state index contributed by atoms with van der Waals surface area (Å²) in [7, 11) is 0. The van der Waals surface area contributed by atoms with E-state index in [1.807, 2.05) is 25.7 Å². The number of amides is 1. The summed E-state index contributed by atoms with van der Waals surface area (Å²) in [5.74, 6) is 0.835. The van der Waals surface area contributed by atoms with Gasteiger partial charge >= 0.3 is 0 Å². The Morgan fingerprint density at radius 2 is 1.70 bits per heavy atom. The molecule has 0 aromatic heterocycles. The number of carbonyl (C=O) groups is 1. The number of piperazine rings is 1. The number of oxime groups is 1. The second-order valence-electron chi connectivity index (χ2n) is 6.39. The first kappa shape index (κ1) is 16.8. The Balaban J connectivity index is 2.62. The van der Waals surface area contributed by atoms with Crippen LogP contribution in [0.3, 0.4) is 0 Å². The first-order chi connectivity index (χ1) is 9.21. The van der Waals surface area contributed by atoms with Gasteiger partial charge in [-0.05, 0) is 19.8 Å². The predicted molar refractivity (Wildman–Crippen MR) is 79.6 cm³/mol. The van der Waals surface area contributed by atoms with Gasteiger partial charge in [-0.1, -0.05) is 25.9 Å². The van der Waals surface area contributed by atoms with Gasteiger partial charge in [-0.2, -0.15) is 0 Å². The van der Waals surface area contributed by atoms with Gasteiger partial charge in [0.1, 0.15) is 0 Å². The Bertz CT molecular complexity index is 371. The zero-order valence-electron chi connectivity index (χ0n) is 13.3.